The minimum Gasteiger partial charge on any atom is -0.497 e. The first-order chi connectivity index (χ1) is 14.2. The van der Waals surface area contributed by atoms with E-state index in [1.165, 1.54) is 0 Å². The molecular weight excluding hydrogens is 366 g/mol. The minimum atomic E-state index is -0.145. The summed E-state index contributed by atoms with van der Waals surface area (Å²) in [6, 6.07) is 13.5. The van der Waals surface area contributed by atoms with E-state index in [9.17, 15) is 4.79 Å². The van der Waals surface area contributed by atoms with Gasteiger partial charge in [-0.3, -0.25) is 14.1 Å². The van der Waals surface area contributed by atoms with Crippen molar-refractivity contribution >= 4 is 11.6 Å². The maximum atomic E-state index is 13.0. The molecule has 7 heteroatoms. The van der Waals surface area contributed by atoms with Crippen LogP contribution in [0.15, 0.2) is 48.7 Å². The predicted octanol–water partition coefficient (Wildman–Crippen LogP) is 1.99. The van der Waals surface area contributed by atoms with Crippen LogP contribution >= 0.6 is 0 Å². The molecule has 1 saturated heterocycles. The average Bonchev–Trinajstić information content (AvgIpc) is 3.15. The van der Waals surface area contributed by atoms with E-state index >= 15 is 0 Å². The molecule has 0 atom stereocenters. The topological polar surface area (TPSA) is 62.1 Å². The highest BCUT2D eigenvalue weighted by molar-refractivity contribution is 5.99. The van der Waals surface area contributed by atoms with Gasteiger partial charge in [-0.1, -0.05) is 6.07 Å². The second-order valence-corrected chi connectivity index (χ2v) is 7.37. The van der Waals surface area contributed by atoms with E-state index in [0.717, 1.165) is 55.4 Å². The van der Waals surface area contributed by atoms with Crippen LogP contribution in [-0.4, -0.2) is 78.5 Å². The zero-order valence-corrected chi connectivity index (χ0v) is 17.0. The number of fused-ring (bicyclic) bond motifs is 1. The summed E-state index contributed by atoms with van der Waals surface area (Å²) in [5.74, 6) is 0.634. The van der Waals surface area contributed by atoms with Crippen molar-refractivity contribution in [1.29, 1.82) is 0 Å². The van der Waals surface area contributed by atoms with Gasteiger partial charge in [0.15, 0.2) is 5.69 Å². The second-order valence-electron chi connectivity index (χ2n) is 7.37. The maximum Gasteiger partial charge on any atom is 0.272 e. The number of likely N-dealkylation sites (N-methyl/N-ethyl adjacent to an activating group) is 1. The van der Waals surface area contributed by atoms with E-state index in [1.807, 2.05) is 53.1 Å². The average molecular weight is 393 g/mol. The van der Waals surface area contributed by atoms with E-state index < -0.39 is 0 Å². The lowest BCUT2D eigenvalue weighted by atomic mass is 10.1. The van der Waals surface area contributed by atoms with Crippen LogP contribution in [0.2, 0.25) is 0 Å². The van der Waals surface area contributed by atoms with Crippen LogP contribution < -0.4 is 10.1 Å². The number of pyridine rings is 1. The summed E-state index contributed by atoms with van der Waals surface area (Å²) in [5, 5.41) is 3.06. The van der Waals surface area contributed by atoms with Crippen molar-refractivity contribution in [1.82, 2.24) is 24.5 Å². The highest BCUT2D eigenvalue weighted by Crippen LogP contribution is 2.27. The third kappa shape index (κ3) is 4.26. The summed E-state index contributed by atoms with van der Waals surface area (Å²) in [7, 11) is 3.78. The van der Waals surface area contributed by atoms with E-state index in [0.29, 0.717) is 12.2 Å². The third-order valence-electron chi connectivity index (χ3n) is 5.42. The van der Waals surface area contributed by atoms with Crippen molar-refractivity contribution < 1.29 is 9.53 Å². The summed E-state index contributed by atoms with van der Waals surface area (Å²) in [4.78, 5) is 22.3. The number of methoxy groups -OCH3 is 1. The molecule has 0 bridgehead atoms. The number of nitrogens with one attached hydrogen (secondary N) is 1. The molecule has 1 aromatic carbocycles. The van der Waals surface area contributed by atoms with Crippen LogP contribution in [0.5, 0.6) is 5.75 Å². The molecule has 3 aromatic rings. The number of nitrogens with zero attached hydrogens (tertiary/aromatic N) is 4. The number of imidazole rings is 1. The molecule has 3 heterocycles. The molecule has 0 aliphatic carbocycles. The summed E-state index contributed by atoms with van der Waals surface area (Å²) < 4.78 is 7.22. The number of benzene rings is 1. The van der Waals surface area contributed by atoms with Crippen molar-refractivity contribution in [2.24, 2.45) is 0 Å². The van der Waals surface area contributed by atoms with Gasteiger partial charge in [-0.05, 0) is 43.4 Å². The Morgan fingerprint density at radius 1 is 1.10 bits per heavy atom. The Morgan fingerprint density at radius 3 is 2.59 bits per heavy atom. The van der Waals surface area contributed by atoms with Crippen molar-refractivity contribution in [2.45, 2.75) is 0 Å². The Hall–Kier alpha value is -2.90. The summed E-state index contributed by atoms with van der Waals surface area (Å²) >= 11 is 0. The number of hydrogen-bond donors (Lipinski definition) is 1. The lowest BCUT2D eigenvalue weighted by Gasteiger charge is -2.32. The molecule has 0 unspecified atom stereocenters. The normalized spacial score (nSPS) is 15.5. The van der Waals surface area contributed by atoms with Gasteiger partial charge in [-0.2, -0.15) is 0 Å². The quantitative estimate of drug-likeness (QED) is 0.694. The largest absolute Gasteiger partial charge is 0.497 e. The van der Waals surface area contributed by atoms with Gasteiger partial charge in [0.2, 0.25) is 0 Å². The highest BCUT2D eigenvalue weighted by atomic mass is 16.5. The standard InChI is InChI=1S/C22H27N5O2/c1-25-13-15-26(16-14-25)12-10-23-22(28)20-21(17-6-8-18(29-2)9-7-17)27-11-4-3-5-19(27)24-20/h3-9,11H,10,12-16H2,1-2H3,(H,23,28). The molecule has 29 heavy (non-hydrogen) atoms. The van der Waals surface area contributed by atoms with Crippen LogP contribution in [0, 0.1) is 0 Å². The molecule has 1 fully saturated rings. The smallest absolute Gasteiger partial charge is 0.272 e. The van der Waals surface area contributed by atoms with Gasteiger partial charge >= 0.3 is 0 Å². The van der Waals surface area contributed by atoms with Gasteiger partial charge in [0, 0.05) is 51.0 Å². The van der Waals surface area contributed by atoms with Crippen LogP contribution in [0.25, 0.3) is 16.9 Å². The second kappa shape index (κ2) is 8.63. The molecule has 0 radical (unpaired) electrons. The van der Waals surface area contributed by atoms with Gasteiger partial charge in [-0.15, -0.1) is 0 Å². The molecule has 0 spiro atoms. The zero-order valence-electron chi connectivity index (χ0n) is 17.0. The fourth-order valence-corrected chi connectivity index (χ4v) is 3.66. The maximum absolute atomic E-state index is 13.0. The van der Waals surface area contributed by atoms with Crippen LogP contribution in [0.4, 0.5) is 0 Å². The number of hydrogen-bond acceptors (Lipinski definition) is 5. The van der Waals surface area contributed by atoms with Crippen molar-refractivity contribution in [3.05, 3.63) is 54.4 Å². The summed E-state index contributed by atoms with van der Waals surface area (Å²) in [6.45, 7) is 5.68. The highest BCUT2D eigenvalue weighted by Gasteiger charge is 2.20. The molecule has 1 aliphatic heterocycles. The molecular formula is C22H27N5O2. The Morgan fingerprint density at radius 2 is 1.86 bits per heavy atom. The first-order valence-electron chi connectivity index (χ1n) is 9.96. The Bertz CT molecular complexity index is 975. The SMILES string of the molecule is COc1ccc(-c2c(C(=O)NCCN3CCN(C)CC3)nc3ccccn23)cc1. The number of piperazine rings is 1. The van der Waals surface area contributed by atoms with Crippen molar-refractivity contribution in [2.75, 3.05) is 53.4 Å². The number of amides is 1. The van der Waals surface area contributed by atoms with E-state index in [1.54, 1.807) is 7.11 Å². The van der Waals surface area contributed by atoms with E-state index in [4.69, 9.17) is 4.74 Å². The van der Waals surface area contributed by atoms with Gasteiger partial charge in [0.05, 0.1) is 12.8 Å². The van der Waals surface area contributed by atoms with Crippen LogP contribution in [0.1, 0.15) is 10.5 Å². The third-order valence-corrected chi connectivity index (χ3v) is 5.42. The van der Waals surface area contributed by atoms with Crippen LogP contribution in [-0.2, 0) is 0 Å². The van der Waals surface area contributed by atoms with Gasteiger partial charge in [0.25, 0.3) is 5.91 Å². The van der Waals surface area contributed by atoms with Gasteiger partial charge in [0.1, 0.15) is 11.4 Å². The molecule has 7 nitrogen and oxygen atoms in total. The van der Waals surface area contributed by atoms with Crippen molar-refractivity contribution in [3.63, 3.8) is 0 Å². The number of aromatic nitrogens is 2. The number of rotatable bonds is 6. The first-order valence-corrected chi connectivity index (χ1v) is 9.96. The molecule has 1 aliphatic rings. The van der Waals surface area contributed by atoms with Gasteiger partial charge < -0.3 is 15.0 Å². The number of ether oxygens (including phenoxy) is 1. The Kier molecular flexibility index (Phi) is 5.78. The molecule has 1 N–H and O–H groups in total. The number of carbonyl (C=O) groups is 1. The molecule has 152 valence electrons. The number of carbonyl (C=O) groups excluding carboxylic acids is 1. The Labute approximate surface area is 170 Å². The lowest BCUT2D eigenvalue weighted by Crippen LogP contribution is -2.46. The fourth-order valence-electron chi connectivity index (χ4n) is 3.66. The molecule has 2 aromatic heterocycles. The first kappa shape index (κ1) is 19.4. The fraction of sp³-hybridized carbons (Fsp3) is 0.364. The zero-order chi connectivity index (χ0) is 20.2. The molecule has 4 rings (SSSR count). The van der Waals surface area contributed by atoms with E-state index in [-0.39, 0.29) is 5.91 Å². The van der Waals surface area contributed by atoms with Gasteiger partial charge in [-0.25, -0.2) is 4.98 Å². The van der Waals surface area contributed by atoms with E-state index in [2.05, 4.69) is 27.1 Å². The van der Waals surface area contributed by atoms with Crippen LogP contribution in [0.3, 0.4) is 0 Å². The minimum absolute atomic E-state index is 0.145. The summed E-state index contributed by atoms with van der Waals surface area (Å²) in [6.07, 6.45) is 1.93. The Balaban J connectivity index is 1.53. The summed E-state index contributed by atoms with van der Waals surface area (Å²) in [5.41, 5.74) is 2.91. The predicted molar refractivity (Wildman–Crippen MR) is 113 cm³/mol. The van der Waals surface area contributed by atoms with Crippen molar-refractivity contribution in [3.8, 4) is 17.0 Å². The lowest BCUT2D eigenvalue weighted by molar-refractivity contribution is 0.0937. The molecule has 0 saturated carbocycles. The monoisotopic (exact) mass is 393 g/mol. The molecule has 1 amide bonds.